The van der Waals surface area contributed by atoms with Crippen LogP contribution in [0.25, 0.3) is 6.08 Å². The number of rotatable bonds is 8. The molecule has 0 aliphatic heterocycles. The molecule has 144 valence electrons. The lowest BCUT2D eigenvalue weighted by Gasteiger charge is -2.15. The molecule has 0 amide bonds. The number of carbonyl (C=O) groups is 1. The monoisotopic (exact) mass is 374 g/mol. The lowest BCUT2D eigenvalue weighted by Crippen LogP contribution is -2.03. The van der Waals surface area contributed by atoms with E-state index in [9.17, 15) is 9.90 Å². The number of aromatic hydroxyl groups is 1. The van der Waals surface area contributed by atoms with Crippen LogP contribution in [0.2, 0.25) is 0 Å². The number of carbonyl (C=O) groups excluding carboxylic acids is 1. The van der Waals surface area contributed by atoms with Gasteiger partial charge in [-0.2, -0.15) is 0 Å². The molecule has 0 aliphatic rings. The fraction of sp³-hybridized carbons (Fsp3) is 0.250. The van der Waals surface area contributed by atoms with E-state index >= 15 is 0 Å². The number of methoxy groups -OCH3 is 5. The molecule has 7 heteroatoms. The summed E-state index contributed by atoms with van der Waals surface area (Å²) in [6.07, 6.45) is 2.88. The van der Waals surface area contributed by atoms with Gasteiger partial charge in [-0.3, -0.25) is 4.79 Å². The Kier molecular flexibility index (Phi) is 6.54. The zero-order chi connectivity index (χ0) is 20.0. The molecule has 0 unspecified atom stereocenters. The summed E-state index contributed by atoms with van der Waals surface area (Å²) in [6.45, 7) is 0. The number of phenolic OH excluding ortho intramolecular Hbond substituents is 1. The van der Waals surface area contributed by atoms with Crippen LogP contribution in [0.3, 0.4) is 0 Å². The Hall–Kier alpha value is -3.35. The quantitative estimate of drug-likeness (QED) is 0.560. The minimum Gasteiger partial charge on any atom is -0.504 e. The maximum atomic E-state index is 12.7. The maximum absolute atomic E-state index is 12.7. The van der Waals surface area contributed by atoms with Crippen LogP contribution in [0.15, 0.2) is 30.3 Å². The molecule has 0 spiro atoms. The predicted octanol–water partition coefficient (Wildman–Crippen LogP) is 3.33. The second kappa shape index (κ2) is 8.84. The van der Waals surface area contributed by atoms with Crippen molar-refractivity contribution >= 4 is 11.9 Å². The average molecular weight is 374 g/mol. The molecule has 0 bridgehead atoms. The summed E-state index contributed by atoms with van der Waals surface area (Å²) in [6, 6.07) is 6.69. The number of allylic oxidation sites excluding steroid dienone is 1. The Balaban J connectivity index is 2.48. The average Bonchev–Trinajstić information content (AvgIpc) is 2.70. The van der Waals surface area contributed by atoms with E-state index in [1.165, 1.54) is 40.6 Å². The standard InChI is InChI=1S/C20H22O7/c1-23-13-7-9-15(24-2)12(10-13)6-8-14(21)18-16(25-3)11-17(26-4)20(27-5)19(18)22/h6-11,22H,1-5H3. The molecule has 0 atom stereocenters. The van der Waals surface area contributed by atoms with Crippen LogP contribution in [0, 0.1) is 0 Å². The number of hydrogen-bond acceptors (Lipinski definition) is 7. The van der Waals surface area contributed by atoms with Gasteiger partial charge >= 0.3 is 0 Å². The van der Waals surface area contributed by atoms with E-state index in [1.807, 2.05) is 0 Å². The van der Waals surface area contributed by atoms with Crippen LogP contribution in [0.4, 0.5) is 0 Å². The zero-order valence-corrected chi connectivity index (χ0v) is 15.9. The molecule has 0 aromatic heterocycles. The van der Waals surface area contributed by atoms with Crippen molar-refractivity contribution in [1.29, 1.82) is 0 Å². The summed E-state index contributed by atoms with van der Waals surface area (Å²) in [5.41, 5.74) is 0.609. The van der Waals surface area contributed by atoms with Gasteiger partial charge in [0.15, 0.2) is 17.3 Å². The molecule has 0 radical (unpaired) electrons. The van der Waals surface area contributed by atoms with Gasteiger partial charge in [-0.05, 0) is 30.4 Å². The van der Waals surface area contributed by atoms with E-state index in [0.29, 0.717) is 17.1 Å². The van der Waals surface area contributed by atoms with Crippen molar-refractivity contribution in [1.82, 2.24) is 0 Å². The van der Waals surface area contributed by atoms with Crippen LogP contribution in [-0.2, 0) is 0 Å². The second-order valence-corrected chi connectivity index (χ2v) is 5.34. The fourth-order valence-corrected chi connectivity index (χ4v) is 2.57. The number of ketones is 1. The van der Waals surface area contributed by atoms with E-state index in [0.717, 1.165) is 0 Å². The van der Waals surface area contributed by atoms with Crippen molar-refractivity contribution in [3.05, 3.63) is 41.5 Å². The van der Waals surface area contributed by atoms with E-state index < -0.39 is 5.78 Å². The van der Waals surface area contributed by atoms with Crippen LogP contribution >= 0.6 is 0 Å². The molecule has 0 heterocycles. The molecule has 0 saturated heterocycles. The van der Waals surface area contributed by atoms with Gasteiger partial charge in [0.25, 0.3) is 0 Å². The molecule has 0 aliphatic carbocycles. The molecule has 0 fully saturated rings. The van der Waals surface area contributed by atoms with Gasteiger partial charge in [0.2, 0.25) is 5.75 Å². The topological polar surface area (TPSA) is 83.5 Å². The number of hydrogen-bond donors (Lipinski definition) is 1. The molecule has 2 rings (SSSR count). The van der Waals surface area contributed by atoms with Gasteiger partial charge in [-0.1, -0.05) is 0 Å². The van der Waals surface area contributed by atoms with Gasteiger partial charge in [-0.25, -0.2) is 0 Å². The van der Waals surface area contributed by atoms with E-state index in [-0.39, 0.29) is 28.6 Å². The Morgan fingerprint density at radius 2 is 1.52 bits per heavy atom. The van der Waals surface area contributed by atoms with Crippen LogP contribution < -0.4 is 23.7 Å². The summed E-state index contributed by atoms with van der Waals surface area (Å²) in [5, 5.41) is 10.5. The number of ether oxygens (including phenoxy) is 5. The predicted molar refractivity (Wildman–Crippen MR) is 101 cm³/mol. The first kappa shape index (κ1) is 20.0. The van der Waals surface area contributed by atoms with Crippen molar-refractivity contribution in [2.75, 3.05) is 35.5 Å². The van der Waals surface area contributed by atoms with Crippen LogP contribution in [0.1, 0.15) is 15.9 Å². The van der Waals surface area contributed by atoms with E-state index in [2.05, 4.69) is 0 Å². The summed E-state index contributed by atoms with van der Waals surface area (Å²) < 4.78 is 26.0. The smallest absolute Gasteiger partial charge is 0.204 e. The molecular formula is C20H22O7. The summed E-state index contributed by atoms with van der Waals surface area (Å²) >= 11 is 0. The lowest BCUT2D eigenvalue weighted by molar-refractivity contribution is 0.104. The van der Waals surface area contributed by atoms with Crippen molar-refractivity contribution < 1.29 is 33.6 Å². The maximum Gasteiger partial charge on any atom is 0.204 e. The van der Waals surface area contributed by atoms with Crippen LogP contribution in [-0.4, -0.2) is 46.4 Å². The highest BCUT2D eigenvalue weighted by Gasteiger charge is 2.23. The molecule has 1 N–H and O–H groups in total. The highest BCUT2D eigenvalue weighted by molar-refractivity contribution is 6.11. The Labute approximate surface area is 157 Å². The van der Waals surface area contributed by atoms with Crippen molar-refractivity contribution in [2.45, 2.75) is 0 Å². The number of benzene rings is 2. The molecule has 2 aromatic rings. The third-order valence-electron chi connectivity index (χ3n) is 3.93. The van der Waals surface area contributed by atoms with Crippen molar-refractivity contribution in [3.8, 4) is 34.5 Å². The van der Waals surface area contributed by atoms with Gasteiger partial charge in [0, 0.05) is 11.6 Å². The fourth-order valence-electron chi connectivity index (χ4n) is 2.57. The second-order valence-electron chi connectivity index (χ2n) is 5.34. The minimum atomic E-state index is -0.477. The summed E-state index contributed by atoms with van der Waals surface area (Å²) in [4.78, 5) is 12.7. The van der Waals surface area contributed by atoms with E-state index in [1.54, 1.807) is 31.4 Å². The lowest BCUT2D eigenvalue weighted by atomic mass is 10.0. The molecule has 7 nitrogen and oxygen atoms in total. The third-order valence-corrected chi connectivity index (χ3v) is 3.93. The molecule has 2 aromatic carbocycles. The molecular weight excluding hydrogens is 352 g/mol. The van der Waals surface area contributed by atoms with Gasteiger partial charge < -0.3 is 28.8 Å². The highest BCUT2D eigenvalue weighted by atomic mass is 16.5. The zero-order valence-electron chi connectivity index (χ0n) is 15.9. The van der Waals surface area contributed by atoms with Crippen molar-refractivity contribution in [3.63, 3.8) is 0 Å². The summed E-state index contributed by atoms with van der Waals surface area (Å²) in [5.74, 6) is 0.821. The first-order chi connectivity index (χ1) is 13.0. The Morgan fingerprint density at radius 3 is 2.07 bits per heavy atom. The molecule has 27 heavy (non-hydrogen) atoms. The Morgan fingerprint density at radius 1 is 0.852 bits per heavy atom. The number of phenols is 1. The van der Waals surface area contributed by atoms with Gasteiger partial charge in [0.05, 0.1) is 35.5 Å². The minimum absolute atomic E-state index is 0.0340. The normalized spacial score (nSPS) is 10.6. The van der Waals surface area contributed by atoms with E-state index in [4.69, 9.17) is 23.7 Å². The Bertz CT molecular complexity index is 856. The van der Waals surface area contributed by atoms with Gasteiger partial charge in [0.1, 0.15) is 22.8 Å². The van der Waals surface area contributed by atoms with Gasteiger partial charge in [-0.15, -0.1) is 0 Å². The SMILES string of the molecule is COc1ccc(OC)c(C=CC(=O)c2c(OC)cc(OC)c(OC)c2O)c1. The first-order valence-corrected chi connectivity index (χ1v) is 7.97. The highest BCUT2D eigenvalue weighted by Crippen LogP contribution is 2.44. The first-order valence-electron chi connectivity index (χ1n) is 7.97. The van der Waals surface area contributed by atoms with Crippen LogP contribution in [0.5, 0.6) is 34.5 Å². The summed E-state index contributed by atoms with van der Waals surface area (Å²) in [7, 11) is 7.27. The molecule has 0 saturated carbocycles. The largest absolute Gasteiger partial charge is 0.504 e. The van der Waals surface area contributed by atoms with Crippen molar-refractivity contribution in [2.24, 2.45) is 0 Å². The third kappa shape index (κ3) is 4.08.